The Kier molecular flexibility index (Phi) is 7.07. The van der Waals surface area contributed by atoms with Gasteiger partial charge in [-0.05, 0) is 38.1 Å². The minimum absolute atomic E-state index is 0.0826. The summed E-state index contributed by atoms with van der Waals surface area (Å²) in [5, 5.41) is 13.9. The zero-order valence-electron chi connectivity index (χ0n) is 16.3. The topological polar surface area (TPSA) is 74.3 Å². The van der Waals surface area contributed by atoms with Gasteiger partial charge in [0, 0.05) is 38.3 Å². The van der Waals surface area contributed by atoms with Crippen molar-refractivity contribution in [1.82, 2.24) is 15.1 Å². The fourth-order valence-corrected chi connectivity index (χ4v) is 4.01. The Hall–Kier alpha value is -1.67. The summed E-state index contributed by atoms with van der Waals surface area (Å²) in [4.78, 5) is 16.9. The average Bonchev–Trinajstić information content (AvgIpc) is 3.09. The van der Waals surface area contributed by atoms with Gasteiger partial charge in [-0.3, -0.25) is 9.69 Å². The molecule has 1 saturated heterocycles. The molecule has 3 rings (SSSR count). The summed E-state index contributed by atoms with van der Waals surface area (Å²) in [7, 11) is 3.65. The number of amides is 1. The van der Waals surface area contributed by atoms with Crippen LogP contribution in [0, 0.1) is 0 Å². The van der Waals surface area contributed by atoms with E-state index in [1.807, 2.05) is 19.2 Å². The van der Waals surface area contributed by atoms with Crippen LogP contribution in [0.3, 0.4) is 0 Å². The fraction of sp³-hybridized carbons (Fsp3) is 0.650. The van der Waals surface area contributed by atoms with Gasteiger partial charge in [0.25, 0.3) is 5.91 Å². The van der Waals surface area contributed by atoms with Crippen molar-refractivity contribution in [3.8, 4) is 5.75 Å². The van der Waals surface area contributed by atoms with E-state index >= 15 is 0 Å². The molecule has 0 spiro atoms. The lowest BCUT2D eigenvalue weighted by Gasteiger charge is -2.36. The van der Waals surface area contributed by atoms with Gasteiger partial charge < -0.3 is 24.8 Å². The largest absolute Gasteiger partial charge is 0.492 e. The van der Waals surface area contributed by atoms with Crippen LogP contribution in [0.4, 0.5) is 0 Å². The predicted molar refractivity (Wildman–Crippen MR) is 103 cm³/mol. The van der Waals surface area contributed by atoms with E-state index in [0.717, 1.165) is 32.5 Å². The maximum atomic E-state index is 13.0. The third-order valence-electron chi connectivity index (χ3n) is 5.58. The molecule has 0 aromatic heterocycles. The molecular weight excluding hydrogens is 346 g/mol. The highest BCUT2D eigenvalue weighted by Gasteiger charge is 2.41. The Morgan fingerprint density at radius 3 is 2.89 bits per heavy atom. The Morgan fingerprint density at radius 1 is 1.37 bits per heavy atom. The lowest BCUT2D eigenvalue weighted by molar-refractivity contribution is -0.0231. The van der Waals surface area contributed by atoms with Crippen LogP contribution in [0.25, 0.3) is 0 Å². The van der Waals surface area contributed by atoms with E-state index in [2.05, 4.69) is 10.2 Å². The van der Waals surface area contributed by atoms with Crippen LogP contribution in [-0.2, 0) is 4.74 Å². The van der Waals surface area contributed by atoms with E-state index in [9.17, 15) is 9.90 Å². The normalized spacial score (nSPS) is 26.1. The summed E-state index contributed by atoms with van der Waals surface area (Å²) < 4.78 is 11.1. The molecule has 1 saturated carbocycles. The van der Waals surface area contributed by atoms with E-state index in [-0.39, 0.29) is 18.0 Å². The molecule has 0 radical (unpaired) electrons. The quantitative estimate of drug-likeness (QED) is 0.677. The van der Waals surface area contributed by atoms with Crippen molar-refractivity contribution in [2.75, 3.05) is 53.6 Å². The molecule has 7 nitrogen and oxygen atoms in total. The van der Waals surface area contributed by atoms with Crippen molar-refractivity contribution in [2.45, 2.75) is 31.0 Å². The second kappa shape index (κ2) is 9.50. The highest BCUT2D eigenvalue weighted by molar-refractivity contribution is 5.94. The smallest absolute Gasteiger partial charge is 0.254 e. The van der Waals surface area contributed by atoms with Crippen LogP contribution >= 0.6 is 0 Å². The number of nitrogens with one attached hydrogen (secondary N) is 1. The van der Waals surface area contributed by atoms with Gasteiger partial charge in [-0.15, -0.1) is 0 Å². The minimum atomic E-state index is -0.535. The molecule has 2 N–H and O–H groups in total. The highest BCUT2D eigenvalue weighted by Crippen LogP contribution is 2.29. The Labute approximate surface area is 161 Å². The van der Waals surface area contributed by atoms with E-state index in [1.165, 1.54) is 0 Å². The summed E-state index contributed by atoms with van der Waals surface area (Å²) >= 11 is 0. The van der Waals surface area contributed by atoms with Crippen LogP contribution in [-0.4, -0.2) is 92.6 Å². The number of rotatable bonds is 7. The molecule has 1 aliphatic heterocycles. The minimum Gasteiger partial charge on any atom is -0.492 e. The fourth-order valence-electron chi connectivity index (χ4n) is 4.01. The standard InChI is InChI=1S/C20H31N3O4/c1-21-8-11-27-16-5-3-4-15(14-16)20(25)22(2)17-6-7-18(19(17)24)23-9-12-26-13-10-23/h3-5,14,17-19,21,24H,6-13H2,1-2H3/t17-,18-,19-/m1/s1. The summed E-state index contributed by atoms with van der Waals surface area (Å²) in [6, 6.07) is 7.19. The predicted octanol–water partition coefficient (Wildman–Crippen LogP) is 0.581. The van der Waals surface area contributed by atoms with Crippen molar-refractivity contribution in [3.05, 3.63) is 29.8 Å². The number of aliphatic hydroxyl groups excluding tert-OH is 1. The molecule has 1 aliphatic carbocycles. The number of aliphatic hydroxyl groups is 1. The van der Waals surface area contributed by atoms with E-state index < -0.39 is 6.10 Å². The van der Waals surface area contributed by atoms with Gasteiger partial charge >= 0.3 is 0 Å². The molecule has 1 heterocycles. The van der Waals surface area contributed by atoms with Gasteiger partial charge in [0.05, 0.1) is 25.4 Å². The highest BCUT2D eigenvalue weighted by atomic mass is 16.5. The molecule has 2 aliphatic rings. The average molecular weight is 377 g/mol. The number of ether oxygens (including phenoxy) is 2. The zero-order chi connectivity index (χ0) is 19.2. The lowest BCUT2D eigenvalue weighted by atomic mass is 10.1. The number of likely N-dealkylation sites (N-methyl/N-ethyl adjacent to an activating group) is 2. The SMILES string of the molecule is CNCCOc1cccc(C(=O)N(C)[C@@H]2CC[C@@H](N3CCOCC3)[C@@H]2O)c1. The first-order valence-electron chi connectivity index (χ1n) is 9.76. The van der Waals surface area contributed by atoms with Gasteiger partial charge in [-0.1, -0.05) is 6.07 Å². The first-order chi connectivity index (χ1) is 13.1. The zero-order valence-corrected chi connectivity index (χ0v) is 16.3. The Balaban J connectivity index is 1.62. The molecule has 27 heavy (non-hydrogen) atoms. The van der Waals surface area contributed by atoms with Crippen LogP contribution in [0.1, 0.15) is 23.2 Å². The first-order valence-corrected chi connectivity index (χ1v) is 9.76. The van der Waals surface area contributed by atoms with Crippen molar-refractivity contribution in [1.29, 1.82) is 0 Å². The van der Waals surface area contributed by atoms with E-state index in [4.69, 9.17) is 9.47 Å². The number of nitrogens with zero attached hydrogens (tertiary/aromatic N) is 2. The second-order valence-corrected chi connectivity index (χ2v) is 7.25. The first kappa shape index (κ1) is 20.1. The molecule has 1 aromatic rings. The van der Waals surface area contributed by atoms with E-state index in [0.29, 0.717) is 31.1 Å². The molecule has 2 fully saturated rings. The summed E-state index contributed by atoms with van der Waals surface area (Å²) in [5.74, 6) is 0.600. The number of hydrogen-bond acceptors (Lipinski definition) is 6. The monoisotopic (exact) mass is 377 g/mol. The van der Waals surface area contributed by atoms with Gasteiger partial charge in [0.2, 0.25) is 0 Å². The number of morpholine rings is 1. The molecule has 0 unspecified atom stereocenters. The maximum absolute atomic E-state index is 13.0. The summed E-state index contributed by atoms with van der Waals surface area (Å²) in [6.07, 6.45) is 1.17. The lowest BCUT2D eigenvalue weighted by Crippen LogP contribution is -2.51. The van der Waals surface area contributed by atoms with Crippen molar-refractivity contribution >= 4 is 5.91 Å². The number of hydrogen-bond donors (Lipinski definition) is 2. The van der Waals surface area contributed by atoms with Crippen molar-refractivity contribution < 1.29 is 19.4 Å². The Morgan fingerprint density at radius 2 is 2.15 bits per heavy atom. The Bertz CT molecular complexity index is 621. The van der Waals surface area contributed by atoms with Crippen molar-refractivity contribution in [3.63, 3.8) is 0 Å². The molecule has 1 amide bonds. The molecular formula is C20H31N3O4. The van der Waals surface area contributed by atoms with Crippen LogP contribution in [0.5, 0.6) is 5.75 Å². The van der Waals surface area contributed by atoms with Crippen LogP contribution in [0.15, 0.2) is 24.3 Å². The van der Waals surface area contributed by atoms with Gasteiger partial charge in [0.15, 0.2) is 0 Å². The molecule has 1 aromatic carbocycles. The van der Waals surface area contributed by atoms with Gasteiger partial charge in [-0.25, -0.2) is 0 Å². The van der Waals surface area contributed by atoms with Gasteiger partial charge in [0.1, 0.15) is 12.4 Å². The number of benzene rings is 1. The van der Waals surface area contributed by atoms with Crippen LogP contribution < -0.4 is 10.1 Å². The summed E-state index contributed by atoms with van der Waals surface area (Å²) in [5.41, 5.74) is 0.585. The third-order valence-corrected chi connectivity index (χ3v) is 5.58. The molecule has 3 atom stereocenters. The van der Waals surface area contributed by atoms with E-state index in [1.54, 1.807) is 24.1 Å². The molecule has 7 heteroatoms. The second-order valence-electron chi connectivity index (χ2n) is 7.25. The number of carbonyl (C=O) groups excluding carboxylic acids is 1. The van der Waals surface area contributed by atoms with Gasteiger partial charge in [-0.2, -0.15) is 0 Å². The molecule has 0 bridgehead atoms. The number of carbonyl (C=O) groups is 1. The van der Waals surface area contributed by atoms with Crippen molar-refractivity contribution in [2.24, 2.45) is 0 Å². The molecule has 150 valence electrons. The maximum Gasteiger partial charge on any atom is 0.254 e. The van der Waals surface area contributed by atoms with Crippen LogP contribution in [0.2, 0.25) is 0 Å². The summed E-state index contributed by atoms with van der Waals surface area (Å²) in [6.45, 7) is 4.41. The third kappa shape index (κ3) is 4.79.